The largest absolute Gasteiger partial charge is 0.378 e. The predicted molar refractivity (Wildman–Crippen MR) is 152 cm³/mol. The predicted octanol–water partition coefficient (Wildman–Crippen LogP) is 2.70. The maximum atomic E-state index is 15.4. The van der Waals surface area contributed by atoms with Crippen molar-refractivity contribution in [1.82, 2.24) is 34.7 Å². The first kappa shape index (κ1) is 26.3. The van der Waals surface area contributed by atoms with Gasteiger partial charge in [-0.05, 0) is 57.0 Å². The standard InChI is InChI=1S/C29H35FN8O3/c1-2-38-22(17-36-10-6-18(7-11-36)25-29(39)32-9-14-41-25)33-24-27(37-12-15-40-16-13-37)34-26(35-28(24)38)23-19-5-8-31-21(19)4-3-20(23)30/h3-5,8,18,25,31H,2,6-7,9-17H2,1H3,(H,32,39). The molecule has 1 aromatic carbocycles. The van der Waals surface area contributed by atoms with Crippen LogP contribution in [-0.4, -0.2) is 94.0 Å². The summed E-state index contributed by atoms with van der Waals surface area (Å²) in [5.41, 5.74) is 2.67. The minimum atomic E-state index is -0.356. The molecule has 4 aromatic rings. The third-order valence-electron chi connectivity index (χ3n) is 8.57. The van der Waals surface area contributed by atoms with Gasteiger partial charge in [-0.2, -0.15) is 0 Å². The number of imidazole rings is 1. The first-order valence-electron chi connectivity index (χ1n) is 14.6. The molecule has 0 bridgehead atoms. The van der Waals surface area contributed by atoms with E-state index in [0.29, 0.717) is 75.4 Å². The van der Waals surface area contributed by atoms with Gasteiger partial charge >= 0.3 is 0 Å². The number of nitrogens with zero attached hydrogens (tertiary/aromatic N) is 6. The molecule has 3 aliphatic heterocycles. The second-order valence-electron chi connectivity index (χ2n) is 11.0. The number of aryl methyl sites for hydroxylation is 1. The zero-order valence-corrected chi connectivity index (χ0v) is 23.2. The lowest BCUT2D eigenvalue weighted by Gasteiger charge is -2.36. The number of halogens is 1. The van der Waals surface area contributed by atoms with Crippen LogP contribution in [0, 0.1) is 11.7 Å². The third kappa shape index (κ3) is 4.83. The maximum Gasteiger partial charge on any atom is 0.249 e. The van der Waals surface area contributed by atoms with Crippen LogP contribution in [-0.2, 0) is 27.4 Å². The normalized spacial score (nSPS) is 21.2. The Bertz CT molecular complexity index is 1570. The van der Waals surface area contributed by atoms with Gasteiger partial charge in [0.1, 0.15) is 17.7 Å². The molecule has 0 radical (unpaired) electrons. The summed E-state index contributed by atoms with van der Waals surface area (Å²) in [4.78, 5) is 35.0. The highest BCUT2D eigenvalue weighted by molar-refractivity contribution is 5.95. The van der Waals surface area contributed by atoms with Gasteiger partial charge in [0.2, 0.25) is 5.91 Å². The van der Waals surface area contributed by atoms with E-state index in [1.807, 2.05) is 6.07 Å². The number of carbonyl (C=O) groups is 1. The van der Waals surface area contributed by atoms with Crippen molar-refractivity contribution in [2.45, 2.75) is 39.0 Å². The molecule has 6 heterocycles. The molecular formula is C29H35FN8O3. The SMILES string of the molecule is CCn1c(CN2CCC(C3OCCNC3=O)CC2)nc2c(N3CCOCC3)nc(-c3c(F)ccc4[nH]ccc34)nc21. The summed E-state index contributed by atoms with van der Waals surface area (Å²) in [6.45, 7) is 8.87. The number of aromatic amines is 1. The Balaban J connectivity index is 1.24. The number of aromatic nitrogens is 5. The topological polar surface area (TPSA) is 113 Å². The Morgan fingerprint density at radius 2 is 1.88 bits per heavy atom. The number of hydrogen-bond donors (Lipinski definition) is 2. The van der Waals surface area contributed by atoms with E-state index < -0.39 is 0 Å². The molecule has 1 amide bonds. The molecule has 7 rings (SSSR count). The summed E-state index contributed by atoms with van der Waals surface area (Å²) in [7, 11) is 0. The van der Waals surface area contributed by atoms with E-state index in [-0.39, 0.29) is 23.7 Å². The van der Waals surface area contributed by atoms with Gasteiger partial charge in [-0.3, -0.25) is 9.69 Å². The van der Waals surface area contributed by atoms with E-state index in [9.17, 15) is 4.79 Å². The van der Waals surface area contributed by atoms with E-state index >= 15 is 4.39 Å². The number of anilines is 1. The minimum Gasteiger partial charge on any atom is -0.378 e. The molecule has 41 heavy (non-hydrogen) atoms. The van der Waals surface area contributed by atoms with Crippen molar-refractivity contribution >= 4 is 33.8 Å². The number of fused-ring (bicyclic) bond motifs is 2. The fourth-order valence-corrected chi connectivity index (χ4v) is 6.43. The van der Waals surface area contributed by atoms with Crippen molar-refractivity contribution in [3.05, 3.63) is 36.0 Å². The second kappa shape index (κ2) is 11.0. The van der Waals surface area contributed by atoms with Crippen LogP contribution in [0.3, 0.4) is 0 Å². The Hall–Kier alpha value is -3.61. The molecule has 12 heteroatoms. The lowest BCUT2D eigenvalue weighted by Crippen LogP contribution is -2.50. The molecule has 0 aliphatic carbocycles. The number of likely N-dealkylation sites (tertiary alicyclic amines) is 1. The van der Waals surface area contributed by atoms with Crippen LogP contribution in [0.25, 0.3) is 33.5 Å². The van der Waals surface area contributed by atoms with Crippen LogP contribution in [0.1, 0.15) is 25.6 Å². The average molecular weight is 563 g/mol. The van der Waals surface area contributed by atoms with Crippen LogP contribution < -0.4 is 10.2 Å². The highest BCUT2D eigenvalue weighted by Gasteiger charge is 2.34. The first-order valence-corrected chi connectivity index (χ1v) is 14.6. The molecule has 3 saturated heterocycles. The van der Waals surface area contributed by atoms with E-state index in [2.05, 4.69) is 31.6 Å². The van der Waals surface area contributed by atoms with Crippen molar-refractivity contribution in [3.63, 3.8) is 0 Å². The van der Waals surface area contributed by atoms with E-state index in [1.54, 1.807) is 12.3 Å². The van der Waals surface area contributed by atoms with Gasteiger partial charge in [-0.25, -0.2) is 19.3 Å². The molecule has 1 atom stereocenters. The third-order valence-corrected chi connectivity index (χ3v) is 8.57. The molecule has 2 N–H and O–H groups in total. The molecule has 11 nitrogen and oxygen atoms in total. The van der Waals surface area contributed by atoms with Crippen LogP contribution >= 0.6 is 0 Å². The van der Waals surface area contributed by atoms with Crippen LogP contribution in [0.5, 0.6) is 0 Å². The first-order chi connectivity index (χ1) is 20.1. The second-order valence-corrected chi connectivity index (χ2v) is 11.0. The molecule has 3 aliphatic rings. The van der Waals surface area contributed by atoms with Crippen LogP contribution in [0.15, 0.2) is 24.4 Å². The van der Waals surface area contributed by atoms with Crippen molar-refractivity contribution in [1.29, 1.82) is 0 Å². The molecule has 3 aromatic heterocycles. The molecule has 0 spiro atoms. The van der Waals surface area contributed by atoms with Gasteiger partial charge in [0.05, 0.1) is 31.9 Å². The van der Waals surface area contributed by atoms with Gasteiger partial charge in [0.15, 0.2) is 22.8 Å². The summed E-state index contributed by atoms with van der Waals surface area (Å²) >= 11 is 0. The highest BCUT2D eigenvalue weighted by atomic mass is 19.1. The van der Waals surface area contributed by atoms with Gasteiger partial charge in [-0.1, -0.05) is 0 Å². The molecule has 1 unspecified atom stereocenters. The Labute approximate surface area is 237 Å². The van der Waals surface area contributed by atoms with Gasteiger partial charge in [0.25, 0.3) is 0 Å². The Morgan fingerprint density at radius 3 is 2.66 bits per heavy atom. The smallest absolute Gasteiger partial charge is 0.249 e. The number of nitrogens with one attached hydrogen (secondary N) is 2. The Morgan fingerprint density at radius 1 is 1.05 bits per heavy atom. The minimum absolute atomic E-state index is 0.0132. The number of hydrogen-bond acceptors (Lipinski definition) is 8. The van der Waals surface area contributed by atoms with Crippen LogP contribution in [0.2, 0.25) is 0 Å². The Kier molecular flexibility index (Phi) is 7.05. The fourth-order valence-electron chi connectivity index (χ4n) is 6.43. The average Bonchev–Trinajstić information content (AvgIpc) is 3.62. The molecule has 3 fully saturated rings. The zero-order chi connectivity index (χ0) is 27.9. The van der Waals surface area contributed by atoms with Gasteiger partial charge < -0.3 is 29.2 Å². The maximum absolute atomic E-state index is 15.4. The van der Waals surface area contributed by atoms with E-state index in [1.165, 1.54) is 6.07 Å². The zero-order valence-electron chi connectivity index (χ0n) is 23.2. The monoisotopic (exact) mass is 562 g/mol. The molecule has 0 saturated carbocycles. The number of benzene rings is 1. The highest BCUT2D eigenvalue weighted by Crippen LogP contribution is 2.34. The summed E-state index contributed by atoms with van der Waals surface area (Å²) in [5.74, 6) is 1.87. The fraction of sp³-hybridized carbons (Fsp3) is 0.517. The number of rotatable bonds is 6. The van der Waals surface area contributed by atoms with Crippen LogP contribution in [0.4, 0.5) is 10.2 Å². The van der Waals surface area contributed by atoms with Crippen molar-refractivity contribution in [2.75, 3.05) is 57.4 Å². The summed E-state index contributed by atoms with van der Waals surface area (Å²) < 4.78 is 28.9. The molecule has 216 valence electrons. The van der Waals surface area contributed by atoms with Gasteiger partial charge in [0, 0.05) is 43.3 Å². The number of morpholine rings is 2. The van der Waals surface area contributed by atoms with E-state index in [0.717, 1.165) is 48.2 Å². The van der Waals surface area contributed by atoms with Crippen molar-refractivity contribution in [2.24, 2.45) is 5.92 Å². The number of H-pyrrole nitrogens is 1. The summed E-state index contributed by atoms with van der Waals surface area (Å²) in [5, 5.41) is 3.68. The summed E-state index contributed by atoms with van der Waals surface area (Å²) in [6, 6.07) is 5.06. The van der Waals surface area contributed by atoms with Crippen molar-refractivity contribution in [3.8, 4) is 11.4 Å². The number of carbonyl (C=O) groups excluding carboxylic acids is 1. The number of amides is 1. The quantitative estimate of drug-likeness (QED) is 0.369. The molecular weight excluding hydrogens is 527 g/mol. The van der Waals surface area contributed by atoms with E-state index in [4.69, 9.17) is 24.4 Å². The van der Waals surface area contributed by atoms with Gasteiger partial charge in [-0.15, -0.1) is 0 Å². The van der Waals surface area contributed by atoms with Crippen molar-refractivity contribution < 1.29 is 18.7 Å². The number of ether oxygens (including phenoxy) is 2. The summed E-state index contributed by atoms with van der Waals surface area (Å²) in [6.07, 6.45) is 3.25. The lowest BCUT2D eigenvalue weighted by atomic mass is 9.90. The number of piperidine rings is 1. The lowest BCUT2D eigenvalue weighted by molar-refractivity contribution is -0.143.